The summed E-state index contributed by atoms with van der Waals surface area (Å²) < 4.78 is 0. The van der Waals surface area contributed by atoms with Crippen LogP contribution < -0.4 is 0 Å². The Bertz CT molecular complexity index is 390. The summed E-state index contributed by atoms with van der Waals surface area (Å²) in [5, 5.41) is 19.1. The van der Waals surface area contributed by atoms with Crippen LogP contribution in [0.4, 0.5) is 0 Å². The minimum Gasteiger partial charge on any atom is -0.385 e. The SMILES string of the molecule is CC(C)(C)CC(C)(O)c1ccc(C#N)cc1. The Morgan fingerprint density at radius 1 is 1.12 bits per heavy atom. The molecule has 0 radical (unpaired) electrons. The van der Waals surface area contributed by atoms with Crippen LogP contribution in [0, 0.1) is 16.7 Å². The lowest BCUT2D eigenvalue weighted by molar-refractivity contribution is 0.0151. The molecule has 1 atom stereocenters. The quantitative estimate of drug-likeness (QED) is 0.826. The Morgan fingerprint density at radius 3 is 2.00 bits per heavy atom. The second-order valence-electron chi connectivity index (χ2n) is 5.70. The first kappa shape index (κ1) is 12.7. The highest BCUT2D eigenvalue weighted by molar-refractivity contribution is 5.33. The fraction of sp³-hybridized carbons (Fsp3) is 0.500. The zero-order valence-corrected chi connectivity index (χ0v) is 10.4. The Kier molecular flexibility index (Phi) is 3.40. The van der Waals surface area contributed by atoms with Crippen LogP contribution in [-0.4, -0.2) is 5.11 Å². The van der Waals surface area contributed by atoms with Crippen LogP contribution >= 0.6 is 0 Å². The van der Waals surface area contributed by atoms with Crippen LogP contribution in [0.1, 0.15) is 45.2 Å². The van der Waals surface area contributed by atoms with Crippen molar-refractivity contribution in [1.82, 2.24) is 0 Å². The average molecular weight is 217 g/mol. The Balaban J connectivity index is 2.94. The van der Waals surface area contributed by atoms with Gasteiger partial charge in [-0.05, 0) is 36.5 Å². The second kappa shape index (κ2) is 4.27. The lowest BCUT2D eigenvalue weighted by atomic mass is 9.79. The number of hydrogen-bond acceptors (Lipinski definition) is 2. The maximum absolute atomic E-state index is 10.4. The first-order valence-electron chi connectivity index (χ1n) is 5.48. The molecule has 1 unspecified atom stereocenters. The summed E-state index contributed by atoms with van der Waals surface area (Å²) in [5.74, 6) is 0. The van der Waals surface area contributed by atoms with Crippen LogP contribution in [0.2, 0.25) is 0 Å². The lowest BCUT2D eigenvalue weighted by Crippen LogP contribution is -2.27. The van der Waals surface area contributed by atoms with Gasteiger partial charge in [0.15, 0.2) is 0 Å². The molecule has 0 aliphatic carbocycles. The predicted octanol–water partition coefficient (Wildman–Crippen LogP) is 3.20. The Hall–Kier alpha value is -1.33. The van der Waals surface area contributed by atoms with Crippen molar-refractivity contribution in [1.29, 1.82) is 5.26 Å². The molecule has 2 nitrogen and oxygen atoms in total. The Morgan fingerprint density at radius 2 is 1.62 bits per heavy atom. The maximum atomic E-state index is 10.4. The molecule has 0 saturated carbocycles. The molecule has 86 valence electrons. The summed E-state index contributed by atoms with van der Waals surface area (Å²) in [6, 6.07) is 9.20. The van der Waals surface area contributed by atoms with Crippen LogP contribution in [0.3, 0.4) is 0 Å². The van der Waals surface area contributed by atoms with Crippen molar-refractivity contribution in [2.45, 2.75) is 39.7 Å². The first-order chi connectivity index (χ1) is 7.24. The van der Waals surface area contributed by atoms with Crippen molar-refractivity contribution >= 4 is 0 Å². The summed E-state index contributed by atoms with van der Waals surface area (Å²) in [6.45, 7) is 8.13. The number of hydrogen-bond donors (Lipinski definition) is 1. The van der Waals surface area contributed by atoms with E-state index in [0.717, 1.165) is 5.56 Å². The summed E-state index contributed by atoms with van der Waals surface area (Å²) >= 11 is 0. The first-order valence-corrected chi connectivity index (χ1v) is 5.48. The zero-order valence-electron chi connectivity index (χ0n) is 10.4. The van der Waals surface area contributed by atoms with Gasteiger partial charge >= 0.3 is 0 Å². The van der Waals surface area contributed by atoms with Crippen molar-refractivity contribution in [3.05, 3.63) is 35.4 Å². The molecule has 0 saturated heterocycles. The molecule has 0 bridgehead atoms. The molecule has 2 heteroatoms. The van der Waals surface area contributed by atoms with Crippen LogP contribution in [0.15, 0.2) is 24.3 Å². The molecule has 1 rings (SSSR count). The molecule has 16 heavy (non-hydrogen) atoms. The molecule has 0 fully saturated rings. The molecule has 1 N–H and O–H groups in total. The fourth-order valence-electron chi connectivity index (χ4n) is 2.04. The number of nitriles is 1. The zero-order chi connectivity index (χ0) is 12.4. The van der Waals surface area contributed by atoms with Crippen LogP contribution in [0.25, 0.3) is 0 Å². The Labute approximate surface area is 97.5 Å². The van der Waals surface area contributed by atoms with E-state index in [-0.39, 0.29) is 5.41 Å². The fourth-order valence-corrected chi connectivity index (χ4v) is 2.04. The third-order valence-electron chi connectivity index (χ3n) is 2.51. The summed E-state index contributed by atoms with van der Waals surface area (Å²) in [5.41, 5.74) is 0.709. The minimum absolute atomic E-state index is 0.0669. The van der Waals surface area contributed by atoms with Gasteiger partial charge in [0.05, 0.1) is 17.2 Å². The van der Waals surface area contributed by atoms with E-state index in [1.54, 1.807) is 12.1 Å². The molecule has 1 aromatic carbocycles. The highest BCUT2D eigenvalue weighted by Gasteiger charge is 2.29. The van der Waals surface area contributed by atoms with E-state index in [2.05, 4.69) is 26.8 Å². The molecule has 1 aromatic rings. The van der Waals surface area contributed by atoms with Crippen LogP contribution in [0.5, 0.6) is 0 Å². The van der Waals surface area contributed by atoms with Gasteiger partial charge in [-0.15, -0.1) is 0 Å². The van der Waals surface area contributed by atoms with Gasteiger partial charge in [-0.25, -0.2) is 0 Å². The van der Waals surface area contributed by atoms with Gasteiger partial charge < -0.3 is 5.11 Å². The van der Waals surface area contributed by atoms with Gasteiger partial charge in [0.1, 0.15) is 0 Å². The number of aliphatic hydroxyl groups is 1. The van der Waals surface area contributed by atoms with E-state index < -0.39 is 5.60 Å². The van der Waals surface area contributed by atoms with E-state index in [0.29, 0.717) is 12.0 Å². The van der Waals surface area contributed by atoms with Crippen molar-refractivity contribution in [2.24, 2.45) is 5.41 Å². The van der Waals surface area contributed by atoms with E-state index in [1.165, 1.54) is 0 Å². The van der Waals surface area contributed by atoms with Crippen molar-refractivity contribution in [3.8, 4) is 6.07 Å². The highest BCUT2D eigenvalue weighted by atomic mass is 16.3. The largest absolute Gasteiger partial charge is 0.385 e. The van der Waals surface area contributed by atoms with E-state index in [9.17, 15) is 5.11 Å². The maximum Gasteiger partial charge on any atom is 0.0991 e. The van der Waals surface area contributed by atoms with Crippen molar-refractivity contribution in [2.75, 3.05) is 0 Å². The minimum atomic E-state index is -0.841. The third-order valence-corrected chi connectivity index (χ3v) is 2.51. The number of nitrogens with zero attached hydrogens (tertiary/aromatic N) is 1. The van der Waals surface area contributed by atoms with Gasteiger partial charge in [-0.2, -0.15) is 5.26 Å². The molecule has 0 amide bonds. The molecular formula is C14H19NO. The highest BCUT2D eigenvalue weighted by Crippen LogP contribution is 2.34. The van der Waals surface area contributed by atoms with Gasteiger partial charge in [0, 0.05) is 0 Å². The van der Waals surface area contributed by atoms with Crippen molar-refractivity contribution in [3.63, 3.8) is 0 Å². The molecule has 0 aliphatic rings. The standard InChI is InChI=1S/C14H19NO/c1-13(2,3)10-14(4,16)12-7-5-11(9-15)6-8-12/h5-8,16H,10H2,1-4H3. The molecule has 0 aliphatic heterocycles. The van der Waals surface area contributed by atoms with E-state index in [1.807, 2.05) is 19.1 Å². The van der Waals surface area contributed by atoms with Gasteiger partial charge in [0.2, 0.25) is 0 Å². The van der Waals surface area contributed by atoms with Crippen molar-refractivity contribution < 1.29 is 5.11 Å². The second-order valence-corrected chi connectivity index (χ2v) is 5.70. The third kappa shape index (κ3) is 3.36. The summed E-state index contributed by atoms with van der Waals surface area (Å²) in [6.07, 6.45) is 0.686. The van der Waals surface area contributed by atoms with E-state index >= 15 is 0 Å². The lowest BCUT2D eigenvalue weighted by Gasteiger charge is -2.31. The number of rotatable bonds is 2. The van der Waals surface area contributed by atoms with Crippen LogP contribution in [-0.2, 0) is 5.60 Å². The molecule has 0 aromatic heterocycles. The predicted molar refractivity (Wildman–Crippen MR) is 64.8 cm³/mol. The summed E-state index contributed by atoms with van der Waals surface area (Å²) in [4.78, 5) is 0. The summed E-state index contributed by atoms with van der Waals surface area (Å²) in [7, 11) is 0. The van der Waals surface area contributed by atoms with Gasteiger partial charge in [0.25, 0.3) is 0 Å². The smallest absolute Gasteiger partial charge is 0.0991 e. The van der Waals surface area contributed by atoms with Gasteiger partial charge in [-0.3, -0.25) is 0 Å². The molecular weight excluding hydrogens is 198 g/mol. The van der Waals surface area contributed by atoms with Gasteiger partial charge in [-0.1, -0.05) is 32.9 Å². The molecule has 0 heterocycles. The normalized spacial score (nSPS) is 15.2. The average Bonchev–Trinajstić information content (AvgIpc) is 2.14. The monoisotopic (exact) mass is 217 g/mol. The van der Waals surface area contributed by atoms with E-state index in [4.69, 9.17) is 5.26 Å². The molecule has 0 spiro atoms. The topological polar surface area (TPSA) is 44.0 Å². The number of benzene rings is 1.